The molecule has 1 radical (unpaired) electrons. The van der Waals surface area contributed by atoms with Crippen molar-refractivity contribution >= 4 is 19.2 Å². The minimum absolute atomic E-state index is 0.855. The third-order valence-corrected chi connectivity index (χ3v) is 2.92. The normalized spacial score (nSPS) is 12.3. The molecule has 1 aliphatic heterocycles. The van der Waals surface area contributed by atoms with E-state index in [1.165, 1.54) is 0 Å². The van der Waals surface area contributed by atoms with E-state index in [0.717, 1.165) is 27.9 Å². The number of methoxy groups -OCH3 is 1. The second-order valence-electron chi connectivity index (χ2n) is 4.03. The summed E-state index contributed by atoms with van der Waals surface area (Å²) in [4.78, 5) is 0. The van der Waals surface area contributed by atoms with E-state index in [2.05, 4.69) is 23.4 Å². The van der Waals surface area contributed by atoms with Gasteiger partial charge in [-0.25, -0.2) is 0 Å². The third kappa shape index (κ3) is 1.97. The van der Waals surface area contributed by atoms with Crippen LogP contribution in [0.5, 0.6) is 5.75 Å². The van der Waals surface area contributed by atoms with Gasteiger partial charge in [-0.05, 0) is 40.4 Å². The van der Waals surface area contributed by atoms with Gasteiger partial charge in [0.2, 0.25) is 0 Å². The Labute approximate surface area is 106 Å². The molecule has 3 rings (SSSR count). The van der Waals surface area contributed by atoms with Crippen LogP contribution in [0, 0.1) is 0 Å². The molecule has 0 atom stereocenters. The summed E-state index contributed by atoms with van der Waals surface area (Å²) < 4.78 is 10.1. The van der Waals surface area contributed by atoms with E-state index >= 15 is 0 Å². The molecule has 0 unspecified atom stereocenters. The van der Waals surface area contributed by atoms with Crippen LogP contribution < -0.4 is 10.2 Å². The van der Waals surface area contributed by atoms with E-state index < -0.39 is 0 Å². The van der Waals surface area contributed by atoms with Gasteiger partial charge in [-0.1, -0.05) is 24.3 Å². The van der Waals surface area contributed by atoms with E-state index in [4.69, 9.17) is 9.49 Å². The Morgan fingerprint density at radius 1 is 1.11 bits per heavy atom. The number of hydrogen-bond donors (Lipinski definition) is 0. The summed E-state index contributed by atoms with van der Waals surface area (Å²) >= 11 is 0. The third-order valence-electron chi connectivity index (χ3n) is 2.92. The summed E-state index contributed by atoms with van der Waals surface area (Å²) in [6.07, 6.45) is 1.72. The largest absolute Gasteiger partial charge is 0.497 e. The molecule has 0 spiro atoms. The maximum atomic E-state index is 5.24. The Bertz CT molecular complexity index is 610. The van der Waals surface area contributed by atoms with E-state index in [0.29, 0.717) is 0 Å². The molecule has 1 aliphatic rings. The monoisotopic (exact) mass is 236 g/mol. The summed E-state index contributed by atoms with van der Waals surface area (Å²) in [7, 11) is 3.32. The van der Waals surface area contributed by atoms with Gasteiger partial charge in [0, 0.05) is 0 Å². The van der Waals surface area contributed by atoms with Gasteiger partial charge in [-0.15, -0.1) is 5.16 Å². The van der Waals surface area contributed by atoms with E-state index in [9.17, 15) is 0 Å². The number of nitrogens with zero attached hydrogens (tertiary/aromatic N) is 1. The highest BCUT2D eigenvalue weighted by molar-refractivity contribution is 6.49. The van der Waals surface area contributed by atoms with Gasteiger partial charge in [0.15, 0.2) is 0 Å². The number of rotatable bonds is 2. The van der Waals surface area contributed by atoms with Crippen LogP contribution in [0.2, 0.25) is 0 Å². The van der Waals surface area contributed by atoms with Crippen molar-refractivity contribution < 1.29 is 9.49 Å². The van der Waals surface area contributed by atoms with Gasteiger partial charge in [-0.3, -0.25) is 0 Å². The number of fused-ring (bicyclic) bond motifs is 1. The second-order valence-corrected chi connectivity index (χ2v) is 4.03. The molecule has 3 nitrogen and oxygen atoms in total. The van der Waals surface area contributed by atoms with Crippen LogP contribution >= 0.6 is 0 Å². The van der Waals surface area contributed by atoms with Crippen molar-refractivity contribution in [2.45, 2.75) is 0 Å². The van der Waals surface area contributed by atoms with Crippen LogP contribution in [0.1, 0.15) is 5.56 Å². The lowest BCUT2D eigenvalue weighted by Gasteiger charge is -2.11. The Balaban J connectivity index is 2.04. The van der Waals surface area contributed by atoms with Crippen molar-refractivity contribution in [3.8, 4) is 16.9 Å². The first-order valence-corrected chi connectivity index (χ1v) is 5.68. The summed E-state index contributed by atoms with van der Waals surface area (Å²) in [5.74, 6) is 0.855. The first kappa shape index (κ1) is 10.9. The molecule has 0 amide bonds. The van der Waals surface area contributed by atoms with Gasteiger partial charge < -0.3 is 9.49 Å². The van der Waals surface area contributed by atoms with Crippen molar-refractivity contribution in [1.82, 2.24) is 0 Å². The van der Waals surface area contributed by atoms with Crippen LogP contribution in [-0.4, -0.2) is 20.8 Å². The first-order chi connectivity index (χ1) is 8.86. The van der Waals surface area contributed by atoms with Gasteiger partial charge in [0.25, 0.3) is 0 Å². The highest BCUT2D eigenvalue weighted by Gasteiger charge is 2.11. The SMILES string of the molecule is COc1cccc(-c2ccc3c(c2)C=NO[B]3)c1. The van der Waals surface area contributed by atoms with Crippen LogP contribution in [0.3, 0.4) is 0 Å². The van der Waals surface area contributed by atoms with Crippen molar-refractivity contribution in [2.75, 3.05) is 7.11 Å². The predicted molar refractivity (Wildman–Crippen MR) is 72.5 cm³/mol. The Kier molecular flexibility index (Phi) is 2.77. The fraction of sp³-hybridized carbons (Fsp3) is 0.0714. The molecule has 0 saturated carbocycles. The predicted octanol–water partition coefficient (Wildman–Crippen LogP) is 1.97. The lowest BCUT2D eigenvalue weighted by molar-refractivity contribution is 0.370. The quantitative estimate of drug-likeness (QED) is 0.746. The average Bonchev–Trinajstić information content (AvgIpc) is 2.47. The lowest BCUT2D eigenvalue weighted by Crippen LogP contribution is -2.24. The number of benzene rings is 2. The first-order valence-electron chi connectivity index (χ1n) is 5.68. The fourth-order valence-electron chi connectivity index (χ4n) is 1.95. The van der Waals surface area contributed by atoms with Crippen LogP contribution in [0.15, 0.2) is 47.6 Å². The maximum absolute atomic E-state index is 5.24. The van der Waals surface area contributed by atoms with E-state index in [1.807, 2.05) is 24.3 Å². The molecule has 2 aromatic carbocycles. The van der Waals surface area contributed by atoms with Gasteiger partial charge in [0.05, 0.1) is 13.3 Å². The molecule has 87 valence electrons. The molecule has 4 heteroatoms. The molecule has 2 aromatic rings. The number of hydrogen-bond acceptors (Lipinski definition) is 3. The molecule has 0 fully saturated rings. The summed E-state index contributed by atoms with van der Waals surface area (Å²) in [5, 5.41) is 3.78. The lowest BCUT2D eigenvalue weighted by atomic mass is 9.82. The molecular formula is C14H11BNO2. The zero-order valence-electron chi connectivity index (χ0n) is 9.96. The molecule has 0 N–H and O–H groups in total. The zero-order valence-corrected chi connectivity index (χ0v) is 9.96. The van der Waals surface area contributed by atoms with Gasteiger partial charge in [-0.2, -0.15) is 0 Å². The molecule has 0 saturated heterocycles. The van der Waals surface area contributed by atoms with Crippen molar-refractivity contribution in [3.63, 3.8) is 0 Å². The highest BCUT2D eigenvalue weighted by Crippen LogP contribution is 2.24. The highest BCUT2D eigenvalue weighted by atomic mass is 16.6. The maximum Gasteiger partial charge on any atom is 0.449 e. The van der Waals surface area contributed by atoms with Crippen molar-refractivity contribution in [3.05, 3.63) is 48.0 Å². The Hall–Kier alpha value is -2.23. The van der Waals surface area contributed by atoms with Gasteiger partial charge >= 0.3 is 7.48 Å². The molecular weight excluding hydrogens is 225 g/mol. The van der Waals surface area contributed by atoms with Crippen LogP contribution in [0.4, 0.5) is 0 Å². The Morgan fingerprint density at radius 2 is 2.00 bits per heavy atom. The number of oxime groups is 1. The fourth-order valence-corrected chi connectivity index (χ4v) is 1.95. The van der Waals surface area contributed by atoms with Crippen LogP contribution in [-0.2, 0) is 4.76 Å². The van der Waals surface area contributed by atoms with Crippen LogP contribution in [0.25, 0.3) is 11.1 Å². The Morgan fingerprint density at radius 3 is 2.89 bits per heavy atom. The smallest absolute Gasteiger partial charge is 0.449 e. The standard InChI is InChI=1S/C14H11BNO2/c1-17-13-4-2-3-10(8-13)11-5-6-14-12(7-11)9-16-18-15-14/h2-9H,1H3. The average molecular weight is 236 g/mol. The second kappa shape index (κ2) is 4.57. The van der Waals surface area contributed by atoms with E-state index in [-0.39, 0.29) is 0 Å². The minimum Gasteiger partial charge on any atom is -0.497 e. The molecule has 0 bridgehead atoms. The molecule has 1 heterocycles. The molecule has 0 aromatic heterocycles. The summed E-state index contributed by atoms with van der Waals surface area (Å²) in [5.41, 5.74) is 4.35. The zero-order chi connectivity index (χ0) is 12.4. The summed E-state index contributed by atoms with van der Waals surface area (Å²) in [6, 6.07) is 14.2. The summed E-state index contributed by atoms with van der Waals surface area (Å²) in [6.45, 7) is 0. The number of ether oxygens (including phenoxy) is 1. The molecule has 18 heavy (non-hydrogen) atoms. The molecule has 0 aliphatic carbocycles. The topological polar surface area (TPSA) is 30.8 Å². The van der Waals surface area contributed by atoms with E-state index in [1.54, 1.807) is 20.8 Å². The van der Waals surface area contributed by atoms with Crippen molar-refractivity contribution in [2.24, 2.45) is 5.16 Å². The minimum atomic E-state index is 0.855. The van der Waals surface area contributed by atoms with Crippen molar-refractivity contribution in [1.29, 1.82) is 0 Å². The van der Waals surface area contributed by atoms with Gasteiger partial charge in [0.1, 0.15) is 5.75 Å².